The molecule has 1 aliphatic rings. The Balaban J connectivity index is 0.000000263. The van der Waals surface area contributed by atoms with Gasteiger partial charge in [0.15, 0.2) is 0 Å². The van der Waals surface area contributed by atoms with Crippen molar-refractivity contribution in [3.63, 3.8) is 0 Å². The lowest BCUT2D eigenvalue weighted by atomic mass is 9.87. The number of hydrogen-bond acceptors (Lipinski definition) is 3. The highest BCUT2D eigenvalue weighted by atomic mass is 16.5. The van der Waals surface area contributed by atoms with Gasteiger partial charge in [0.1, 0.15) is 6.79 Å². The summed E-state index contributed by atoms with van der Waals surface area (Å²) in [5, 5.41) is 2.62. The van der Waals surface area contributed by atoms with E-state index in [0.29, 0.717) is 0 Å². The molecule has 150 valence electrons. The van der Waals surface area contributed by atoms with Gasteiger partial charge in [0.05, 0.1) is 12.2 Å². The molecule has 0 fully saturated rings. The van der Waals surface area contributed by atoms with E-state index < -0.39 is 0 Å². The monoisotopic (exact) mass is 382 g/mol. The van der Waals surface area contributed by atoms with Gasteiger partial charge < -0.3 is 19.7 Å². The standard InChI is InChI=1S/C13H18O2.C10H8.CH2O.H2O/c1-3-15-13-9-8-12(14-2)10-6-4-5-7-11(10)13;1-2-6-10-8-4-3-7-9(10)5-1;1-2;/h4-7,12-13H,3,8-9H2,1-2H3;1-8H;1H2;1H2. The van der Waals surface area contributed by atoms with Gasteiger partial charge in [-0.15, -0.1) is 0 Å². The zero-order valence-electron chi connectivity index (χ0n) is 16.6. The summed E-state index contributed by atoms with van der Waals surface area (Å²) >= 11 is 0. The first-order valence-corrected chi connectivity index (χ1v) is 9.29. The fraction of sp³-hybridized carbons (Fsp3) is 0.292. The number of ether oxygens (including phenoxy) is 2. The zero-order valence-corrected chi connectivity index (χ0v) is 16.6. The zero-order chi connectivity index (χ0) is 19.5. The van der Waals surface area contributed by atoms with Crippen LogP contribution < -0.4 is 0 Å². The molecular formula is C24H30O4. The molecule has 0 radical (unpaired) electrons. The van der Waals surface area contributed by atoms with Crippen LogP contribution in [0, 0.1) is 0 Å². The Morgan fingerprint density at radius 1 is 0.786 bits per heavy atom. The van der Waals surface area contributed by atoms with Crippen molar-refractivity contribution in [1.29, 1.82) is 0 Å². The minimum atomic E-state index is 0. The molecule has 0 saturated carbocycles. The van der Waals surface area contributed by atoms with Crippen molar-refractivity contribution < 1.29 is 19.7 Å². The summed E-state index contributed by atoms with van der Waals surface area (Å²) in [6.07, 6.45) is 2.62. The predicted octanol–water partition coefficient (Wildman–Crippen LogP) is 5.08. The lowest BCUT2D eigenvalue weighted by Gasteiger charge is -2.30. The number of hydrogen-bond donors (Lipinski definition) is 0. The summed E-state index contributed by atoms with van der Waals surface area (Å²) in [6, 6.07) is 25.2. The maximum atomic E-state index is 8.00. The van der Waals surface area contributed by atoms with Crippen LogP contribution in [0.4, 0.5) is 0 Å². The number of carbonyl (C=O) groups is 1. The summed E-state index contributed by atoms with van der Waals surface area (Å²) in [5.41, 5.74) is 2.60. The van der Waals surface area contributed by atoms with Gasteiger partial charge >= 0.3 is 0 Å². The van der Waals surface area contributed by atoms with E-state index in [1.165, 1.54) is 21.9 Å². The summed E-state index contributed by atoms with van der Waals surface area (Å²) in [7, 11) is 1.78. The molecule has 0 aliphatic heterocycles. The number of rotatable bonds is 3. The smallest absolute Gasteiger partial charge is 0.106 e. The minimum Gasteiger partial charge on any atom is -0.412 e. The SMILES string of the molecule is C=O.CCOC1CCC(OC)c2ccccc21.O.c1ccc2ccccc2c1. The molecule has 4 heteroatoms. The second-order valence-electron chi connectivity index (χ2n) is 6.22. The fourth-order valence-electron chi connectivity index (χ4n) is 3.46. The van der Waals surface area contributed by atoms with E-state index in [0.717, 1.165) is 19.4 Å². The van der Waals surface area contributed by atoms with Crippen LogP contribution in [0.3, 0.4) is 0 Å². The Kier molecular flexibility index (Phi) is 10.7. The van der Waals surface area contributed by atoms with Crippen molar-refractivity contribution in [3.05, 3.63) is 83.9 Å². The third kappa shape index (κ3) is 5.99. The molecule has 28 heavy (non-hydrogen) atoms. The first kappa shape index (κ1) is 23.5. The van der Waals surface area contributed by atoms with Gasteiger partial charge in [-0.3, -0.25) is 0 Å². The van der Waals surface area contributed by atoms with Crippen molar-refractivity contribution >= 4 is 17.6 Å². The van der Waals surface area contributed by atoms with Crippen LogP contribution in [0.1, 0.15) is 43.1 Å². The fourth-order valence-corrected chi connectivity index (χ4v) is 3.46. The third-order valence-electron chi connectivity index (χ3n) is 4.69. The van der Waals surface area contributed by atoms with Crippen molar-refractivity contribution in [2.45, 2.75) is 32.0 Å². The Bertz CT molecular complexity index is 753. The predicted molar refractivity (Wildman–Crippen MR) is 114 cm³/mol. The maximum absolute atomic E-state index is 8.00. The van der Waals surface area contributed by atoms with E-state index in [4.69, 9.17) is 14.3 Å². The number of benzene rings is 3. The minimum absolute atomic E-state index is 0. The molecule has 0 saturated heterocycles. The summed E-state index contributed by atoms with van der Waals surface area (Å²) < 4.78 is 11.2. The van der Waals surface area contributed by atoms with Gasteiger partial charge in [0.2, 0.25) is 0 Å². The molecular weight excluding hydrogens is 352 g/mol. The highest BCUT2D eigenvalue weighted by Crippen LogP contribution is 2.39. The molecule has 2 N–H and O–H groups in total. The summed E-state index contributed by atoms with van der Waals surface area (Å²) in [5.74, 6) is 0. The van der Waals surface area contributed by atoms with Gasteiger partial charge in [-0.05, 0) is 41.7 Å². The van der Waals surface area contributed by atoms with E-state index >= 15 is 0 Å². The van der Waals surface area contributed by atoms with Gasteiger partial charge in [-0.2, -0.15) is 0 Å². The lowest BCUT2D eigenvalue weighted by Crippen LogP contribution is -2.17. The average molecular weight is 383 g/mol. The number of methoxy groups -OCH3 is 1. The van der Waals surface area contributed by atoms with Gasteiger partial charge in [-0.25, -0.2) is 0 Å². The largest absolute Gasteiger partial charge is 0.412 e. The van der Waals surface area contributed by atoms with Crippen molar-refractivity contribution in [2.75, 3.05) is 13.7 Å². The molecule has 3 aromatic carbocycles. The van der Waals surface area contributed by atoms with E-state index in [9.17, 15) is 0 Å². The van der Waals surface area contributed by atoms with Crippen LogP contribution in [0.15, 0.2) is 72.8 Å². The van der Waals surface area contributed by atoms with Gasteiger partial charge in [0, 0.05) is 13.7 Å². The highest BCUT2D eigenvalue weighted by molar-refractivity contribution is 5.82. The van der Waals surface area contributed by atoms with Crippen LogP contribution in [0.2, 0.25) is 0 Å². The number of carbonyl (C=O) groups excluding carboxylic acids is 1. The molecule has 2 atom stereocenters. The van der Waals surface area contributed by atoms with E-state index in [-0.39, 0.29) is 17.7 Å². The molecule has 0 amide bonds. The topological polar surface area (TPSA) is 67.0 Å². The normalized spacial score (nSPS) is 17.1. The Morgan fingerprint density at radius 3 is 1.61 bits per heavy atom. The van der Waals surface area contributed by atoms with Gasteiger partial charge in [-0.1, -0.05) is 72.8 Å². The summed E-state index contributed by atoms with van der Waals surface area (Å²) in [4.78, 5) is 8.00. The molecule has 2 unspecified atom stereocenters. The summed E-state index contributed by atoms with van der Waals surface area (Å²) in [6.45, 7) is 4.82. The van der Waals surface area contributed by atoms with Crippen molar-refractivity contribution in [1.82, 2.24) is 0 Å². The van der Waals surface area contributed by atoms with Crippen molar-refractivity contribution in [2.24, 2.45) is 0 Å². The highest BCUT2D eigenvalue weighted by Gasteiger charge is 2.26. The Hall–Kier alpha value is -2.53. The quantitative estimate of drug-likeness (QED) is 0.635. The van der Waals surface area contributed by atoms with Crippen LogP contribution >= 0.6 is 0 Å². The maximum Gasteiger partial charge on any atom is 0.106 e. The lowest BCUT2D eigenvalue weighted by molar-refractivity contribution is -0.0979. The molecule has 4 rings (SSSR count). The number of fused-ring (bicyclic) bond motifs is 2. The Morgan fingerprint density at radius 2 is 1.18 bits per heavy atom. The second kappa shape index (κ2) is 12.8. The van der Waals surface area contributed by atoms with Crippen molar-refractivity contribution in [3.8, 4) is 0 Å². The van der Waals surface area contributed by atoms with Crippen LogP contribution in [0.5, 0.6) is 0 Å². The molecule has 0 heterocycles. The van der Waals surface area contributed by atoms with E-state index in [1.807, 2.05) is 13.7 Å². The molecule has 0 bridgehead atoms. The van der Waals surface area contributed by atoms with Crippen LogP contribution in [-0.4, -0.2) is 26.0 Å². The molecule has 0 aromatic heterocycles. The molecule has 4 nitrogen and oxygen atoms in total. The van der Waals surface area contributed by atoms with E-state index in [1.54, 1.807) is 7.11 Å². The third-order valence-corrected chi connectivity index (χ3v) is 4.69. The van der Waals surface area contributed by atoms with E-state index in [2.05, 4.69) is 72.8 Å². The van der Waals surface area contributed by atoms with Crippen LogP contribution in [0.25, 0.3) is 10.8 Å². The molecule has 1 aliphatic carbocycles. The second-order valence-corrected chi connectivity index (χ2v) is 6.22. The molecule has 3 aromatic rings. The molecule has 0 spiro atoms. The van der Waals surface area contributed by atoms with Gasteiger partial charge in [0.25, 0.3) is 0 Å². The average Bonchev–Trinajstić information content (AvgIpc) is 2.76. The Labute approximate surface area is 167 Å². The first-order valence-electron chi connectivity index (χ1n) is 9.29. The van der Waals surface area contributed by atoms with Crippen LogP contribution in [-0.2, 0) is 14.3 Å². The first-order chi connectivity index (χ1) is 13.3.